The van der Waals surface area contributed by atoms with Crippen molar-refractivity contribution in [1.29, 1.82) is 0 Å². The number of piperidine rings is 2. The highest BCUT2D eigenvalue weighted by Crippen LogP contribution is 2.28. The molecule has 2 saturated heterocycles. The van der Waals surface area contributed by atoms with E-state index >= 15 is 0 Å². The number of para-hydroxylation sites is 1. The fourth-order valence-electron chi connectivity index (χ4n) is 4.72. The lowest BCUT2D eigenvalue weighted by atomic mass is 9.99. The first-order valence-electron chi connectivity index (χ1n) is 11.6. The van der Waals surface area contributed by atoms with Crippen molar-refractivity contribution in [3.63, 3.8) is 0 Å². The second-order valence-corrected chi connectivity index (χ2v) is 8.96. The van der Waals surface area contributed by atoms with Gasteiger partial charge in [0.15, 0.2) is 0 Å². The molecular formula is C26H33N3O2. The van der Waals surface area contributed by atoms with E-state index in [1.807, 2.05) is 54.3 Å². The number of hydrogen-bond donors (Lipinski definition) is 1. The number of amides is 2. The second kappa shape index (κ2) is 9.54. The SMILES string of the molecule is Cc1ccc(C(=O)NC2CCN(c3ccccc3C(=O)N3CCCCC3C)CC2)cc1. The average molecular weight is 420 g/mol. The average Bonchev–Trinajstić information content (AvgIpc) is 2.80. The van der Waals surface area contributed by atoms with E-state index in [2.05, 4.69) is 23.2 Å². The van der Waals surface area contributed by atoms with E-state index in [1.165, 1.54) is 6.42 Å². The number of aryl methyl sites for hydroxylation is 1. The van der Waals surface area contributed by atoms with Crippen LogP contribution in [0.1, 0.15) is 65.3 Å². The Hall–Kier alpha value is -2.82. The lowest BCUT2D eigenvalue weighted by Gasteiger charge is -2.37. The molecule has 2 heterocycles. The summed E-state index contributed by atoms with van der Waals surface area (Å²) < 4.78 is 0. The van der Waals surface area contributed by atoms with Crippen LogP contribution in [0.3, 0.4) is 0 Å². The molecule has 1 N–H and O–H groups in total. The van der Waals surface area contributed by atoms with Crippen LogP contribution in [0.25, 0.3) is 0 Å². The van der Waals surface area contributed by atoms with Gasteiger partial charge in [0.25, 0.3) is 11.8 Å². The maximum absolute atomic E-state index is 13.3. The minimum atomic E-state index is -0.00638. The zero-order chi connectivity index (χ0) is 21.8. The molecule has 4 rings (SSSR count). The fraction of sp³-hybridized carbons (Fsp3) is 0.462. The van der Waals surface area contributed by atoms with Crippen molar-refractivity contribution in [3.05, 3.63) is 65.2 Å². The van der Waals surface area contributed by atoms with Gasteiger partial charge in [-0.2, -0.15) is 0 Å². The highest BCUT2D eigenvalue weighted by Gasteiger charge is 2.28. The number of likely N-dealkylation sites (tertiary alicyclic amines) is 1. The van der Waals surface area contributed by atoms with Gasteiger partial charge in [-0.3, -0.25) is 9.59 Å². The summed E-state index contributed by atoms with van der Waals surface area (Å²) in [4.78, 5) is 30.2. The maximum Gasteiger partial charge on any atom is 0.256 e. The summed E-state index contributed by atoms with van der Waals surface area (Å²) in [6.07, 6.45) is 5.12. The van der Waals surface area contributed by atoms with Crippen LogP contribution in [-0.4, -0.2) is 48.4 Å². The third-order valence-corrected chi connectivity index (χ3v) is 6.68. The number of nitrogens with zero attached hydrogens (tertiary/aromatic N) is 2. The predicted octanol–water partition coefficient (Wildman–Crippen LogP) is 4.41. The Bertz CT molecular complexity index is 917. The molecule has 0 bridgehead atoms. The van der Waals surface area contributed by atoms with Gasteiger partial charge in [-0.25, -0.2) is 0 Å². The molecule has 1 unspecified atom stereocenters. The summed E-state index contributed by atoms with van der Waals surface area (Å²) in [7, 11) is 0. The van der Waals surface area contributed by atoms with Gasteiger partial charge in [0.2, 0.25) is 0 Å². The number of rotatable bonds is 4. The van der Waals surface area contributed by atoms with Crippen molar-refractivity contribution in [2.24, 2.45) is 0 Å². The van der Waals surface area contributed by atoms with Crippen molar-refractivity contribution in [2.45, 2.75) is 58.0 Å². The predicted molar refractivity (Wildman–Crippen MR) is 125 cm³/mol. The van der Waals surface area contributed by atoms with Crippen molar-refractivity contribution < 1.29 is 9.59 Å². The van der Waals surface area contributed by atoms with Crippen molar-refractivity contribution in [3.8, 4) is 0 Å². The Balaban J connectivity index is 1.39. The zero-order valence-electron chi connectivity index (χ0n) is 18.6. The summed E-state index contributed by atoms with van der Waals surface area (Å²) >= 11 is 0. The van der Waals surface area contributed by atoms with Crippen molar-refractivity contribution in [2.75, 3.05) is 24.5 Å². The highest BCUT2D eigenvalue weighted by molar-refractivity contribution is 6.00. The van der Waals surface area contributed by atoms with Gasteiger partial charge in [-0.15, -0.1) is 0 Å². The molecule has 0 aliphatic carbocycles. The van der Waals surface area contributed by atoms with Gasteiger partial charge in [0, 0.05) is 43.0 Å². The van der Waals surface area contributed by atoms with E-state index in [-0.39, 0.29) is 17.9 Å². The highest BCUT2D eigenvalue weighted by atomic mass is 16.2. The third kappa shape index (κ3) is 4.92. The van der Waals surface area contributed by atoms with E-state index < -0.39 is 0 Å². The molecule has 164 valence electrons. The van der Waals surface area contributed by atoms with Crippen LogP contribution in [0.2, 0.25) is 0 Å². The number of carbonyl (C=O) groups is 2. The molecule has 0 spiro atoms. The normalized spacial score (nSPS) is 19.9. The third-order valence-electron chi connectivity index (χ3n) is 6.68. The molecule has 2 amide bonds. The number of benzene rings is 2. The molecule has 0 radical (unpaired) electrons. The van der Waals surface area contributed by atoms with E-state index in [1.54, 1.807) is 0 Å². The monoisotopic (exact) mass is 419 g/mol. The molecule has 31 heavy (non-hydrogen) atoms. The van der Waals surface area contributed by atoms with Gasteiger partial charge in [0.1, 0.15) is 0 Å². The van der Waals surface area contributed by atoms with Crippen LogP contribution in [0.15, 0.2) is 48.5 Å². The van der Waals surface area contributed by atoms with Crippen molar-refractivity contribution >= 4 is 17.5 Å². The van der Waals surface area contributed by atoms with Crippen LogP contribution < -0.4 is 10.2 Å². The van der Waals surface area contributed by atoms with Gasteiger partial charge >= 0.3 is 0 Å². The lowest BCUT2D eigenvalue weighted by molar-refractivity contribution is 0.0636. The smallest absolute Gasteiger partial charge is 0.256 e. The van der Waals surface area contributed by atoms with E-state index in [0.29, 0.717) is 11.6 Å². The van der Waals surface area contributed by atoms with Crippen LogP contribution in [0.5, 0.6) is 0 Å². The van der Waals surface area contributed by atoms with E-state index in [0.717, 1.165) is 62.1 Å². The molecule has 2 aliphatic rings. The molecule has 0 saturated carbocycles. The fourth-order valence-corrected chi connectivity index (χ4v) is 4.72. The molecular weight excluding hydrogens is 386 g/mol. The van der Waals surface area contributed by atoms with Gasteiger partial charge < -0.3 is 15.1 Å². The van der Waals surface area contributed by atoms with Crippen LogP contribution in [0.4, 0.5) is 5.69 Å². The molecule has 1 atom stereocenters. The topological polar surface area (TPSA) is 52.7 Å². The summed E-state index contributed by atoms with van der Waals surface area (Å²) in [6, 6.07) is 16.1. The number of nitrogens with one attached hydrogen (secondary N) is 1. The number of anilines is 1. The summed E-state index contributed by atoms with van der Waals surface area (Å²) in [5.41, 5.74) is 3.68. The Morgan fingerprint density at radius 2 is 1.61 bits per heavy atom. The van der Waals surface area contributed by atoms with E-state index in [4.69, 9.17) is 0 Å². The molecule has 2 aromatic rings. The van der Waals surface area contributed by atoms with Crippen LogP contribution in [0, 0.1) is 6.92 Å². The Labute approximate surface area is 185 Å². The molecule has 5 nitrogen and oxygen atoms in total. The van der Waals surface area contributed by atoms with Gasteiger partial charge in [0.05, 0.1) is 5.56 Å². The van der Waals surface area contributed by atoms with Crippen molar-refractivity contribution in [1.82, 2.24) is 10.2 Å². The molecule has 2 fully saturated rings. The molecule has 0 aromatic heterocycles. The number of carbonyl (C=O) groups excluding carboxylic acids is 2. The zero-order valence-corrected chi connectivity index (χ0v) is 18.6. The lowest BCUT2D eigenvalue weighted by Crippen LogP contribution is -2.46. The Morgan fingerprint density at radius 3 is 2.32 bits per heavy atom. The molecule has 2 aromatic carbocycles. The summed E-state index contributed by atoms with van der Waals surface area (Å²) in [6.45, 7) is 6.69. The molecule has 5 heteroatoms. The second-order valence-electron chi connectivity index (χ2n) is 8.96. The summed E-state index contributed by atoms with van der Waals surface area (Å²) in [5.74, 6) is 0.144. The van der Waals surface area contributed by atoms with Crippen LogP contribution in [-0.2, 0) is 0 Å². The maximum atomic E-state index is 13.3. The standard InChI is InChI=1S/C26H33N3O2/c1-19-10-12-21(13-11-19)25(30)27-22-14-17-28(18-15-22)24-9-4-3-8-23(24)26(31)29-16-6-5-7-20(29)2/h3-4,8-13,20,22H,5-7,14-18H2,1-2H3,(H,27,30). The minimum absolute atomic E-state index is 0.00638. The largest absolute Gasteiger partial charge is 0.371 e. The quantitative estimate of drug-likeness (QED) is 0.799. The minimum Gasteiger partial charge on any atom is -0.371 e. The molecule has 2 aliphatic heterocycles. The summed E-state index contributed by atoms with van der Waals surface area (Å²) in [5, 5.41) is 3.18. The van der Waals surface area contributed by atoms with E-state index in [9.17, 15) is 9.59 Å². The Kier molecular flexibility index (Phi) is 6.59. The van der Waals surface area contributed by atoms with Gasteiger partial charge in [-0.05, 0) is 70.2 Å². The van der Waals surface area contributed by atoms with Gasteiger partial charge in [-0.1, -0.05) is 29.8 Å². The first-order valence-corrected chi connectivity index (χ1v) is 11.6. The number of hydrogen-bond acceptors (Lipinski definition) is 3. The first-order chi connectivity index (χ1) is 15.0. The first kappa shape index (κ1) is 21.4. The Morgan fingerprint density at radius 1 is 0.903 bits per heavy atom. The van der Waals surface area contributed by atoms with Crippen LogP contribution >= 0.6 is 0 Å².